The van der Waals surface area contributed by atoms with Crippen LogP contribution in [0.2, 0.25) is 0 Å². The zero-order chi connectivity index (χ0) is 12.2. The van der Waals surface area contributed by atoms with Crippen LogP contribution in [0.4, 0.5) is 0 Å². The summed E-state index contributed by atoms with van der Waals surface area (Å²) in [4.78, 5) is 12.8. The van der Waals surface area contributed by atoms with Crippen molar-refractivity contribution in [2.24, 2.45) is 5.73 Å². The van der Waals surface area contributed by atoms with Crippen molar-refractivity contribution in [2.75, 3.05) is 25.9 Å². The normalized spacial score (nSPS) is 22.5. The number of nitrogens with two attached hydrogens (primary N) is 1. The molecule has 1 rings (SSSR count). The standard InChI is InChI=1S/C9H19N3O3S/c1-12-7-8(3-4-9(12)13)11-16(14,15)6-2-5-10/h8,11H,2-7,10H2,1H3. The molecule has 1 amide bonds. The lowest BCUT2D eigenvalue weighted by molar-refractivity contribution is -0.132. The predicted octanol–water partition coefficient (Wildman–Crippen LogP) is -1.12. The molecule has 0 aromatic heterocycles. The number of carbonyl (C=O) groups is 1. The average Bonchev–Trinajstić information content (AvgIpc) is 2.20. The Kier molecular flexibility index (Phi) is 4.69. The van der Waals surface area contributed by atoms with Gasteiger partial charge in [-0.05, 0) is 19.4 Å². The maximum atomic E-state index is 11.6. The van der Waals surface area contributed by atoms with Crippen molar-refractivity contribution in [3.8, 4) is 0 Å². The summed E-state index contributed by atoms with van der Waals surface area (Å²) >= 11 is 0. The first-order valence-electron chi connectivity index (χ1n) is 5.38. The van der Waals surface area contributed by atoms with Crippen LogP contribution in [-0.2, 0) is 14.8 Å². The number of nitrogens with one attached hydrogen (secondary N) is 1. The maximum Gasteiger partial charge on any atom is 0.222 e. The number of nitrogens with zero attached hydrogens (tertiary/aromatic N) is 1. The first-order valence-corrected chi connectivity index (χ1v) is 7.04. The SMILES string of the molecule is CN1CC(NS(=O)(=O)CCCN)CCC1=O. The van der Waals surface area contributed by atoms with Crippen LogP contribution in [0.15, 0.2) is 0 Å². The maximum absolute atomic E-state index is 11.6. The first kappa shape index (κ1) is 13.4. The van der Waals surface area contributed by atoms with Gasteiger partial charge < -0.3 is 10.6 Å². The van der Waals surface area contributed by atoms with Crippen molar-refractivity contribution in [3.63, 3.8) is 0 Å². The Morgan fingerprint density at radius 2 is 2.25 bits per heavy atom. The molecule has 0 spiro atoms. The zero-order valence-electron chi connectivity index (χ0n) is 9.48. The second kappa shape index (κ2) is 5.60. The first-order chi connectivity index (χ1) is 7.44. The number of carbonyl (C=O) groups excluding carboxylic acids is 1. The molecule has 0 aromatic carbocycles. The number of likely N-dealkylation sites (tertiary alicyclic amines) is 1. The van der Waals surface area contributed by atoms with Gasteiger partial charge in [-0.2, -0.15) is 0 Å². The van der Waals surface area contributed by atoms with Gasteiger partial charge in [0.2, 0.25) is 15.9 Å². The second-order valence-electron chi connectivity index (χ2n) is 4.09. The van der Waals surface area contributed by atoms with E-state index in [9.17, 15) is 13.2 Å². The summed E-state index contributed by atoms with van der Waals surface area (Å²) in [6.45, 7) is 0.810. The smallest absolute Gasteiger partial charge is 0.222 e. The van der Waals surface area contributed by atoms with Gasteiger partial charge in [0.05, 0.1) is 5.75 Å². The molecule has 0 aromatic rings. The number of amides is 1. The molecule has 1 aliphatic rings. The van der Waals surface area contributed by atoms with E-state index in [2.05, 4.69) is 4.72 Å². The van der Waals surface area contributed by atoms with Gasteiger partial charge in [0.25, 0.3) is 0 Å². The molecule has 3 N–H and O–H groups in total. The van der Waals surface area contributed by atoms with Crippen LogP contribution in [0.25, 0.3) is 0 Å². The Bertz CT molecular complexity index is 342. The van der Waals surface area contributed by atoms with Crippen molar-refractivity contribution < 1.29 is 13.2 Å². The van der Waals surface area contributed by atoms with Gasteiger partial charge in [-0.25, -0.2) is 13.1 Å². The molecule has 1 saturated heterocycles. The second-order valence-corrected chi connectivity index (χ2v) is 5.96. The molecular weight excluding hydrogens is 230 g/mol. The summed E-state index contributed by atoms with van der Waals surface area (Å²) < 4.78 is 25.8. The minimum Gasteiger partial charge on any atom is -0.344 e. The largest absolute Gasteiger partial charge is 0.344 e. The van der Waals surface area contributed by atoms with Gasteiger partial charge in [-0.15, -0.1) is 0 Å². The van der Waals surface area contributed by atoms with Gasteiger partial charge in [-0.1, -0.05) is 0 Å². The van der Waals surface area contributed by atoms with Crippen molar-refractivity contribution in [3.05, 3.63) is 0 Å². The van der Waals surface area contributed by atoms with Crippen LogP contribution in [0.5, 0.6) is 0 Å². The van der Waals surface area contributed by atoms with Crippen LogP contribution < -0.4 is 10.5 Å². The quantitative estimate of drug-likeness (QED) is 0.645. The fraction of sp³-hybridized carbons (Fsp3) is 0.889. The number of rotatable bonds is 5. The highest BCUT2D eigenvalue weighted by atomic mass is 32.2. The highest BCUT2D eigenvalue weighted by Gasteiger charge is 2.25. The van der Waals surface area contributed by atoms with Crippen LogP contribution in [0.3, 0.4) is 0 Å². The lowest BCUT2D eigenvalue weighted by Crippen LogP contribution is -2.48. The molecule has 0 bridgehead atoms. The van der Waals surface area contributed by atoms with Gasteiger partial charge in [0.1, 0.15) is 0 Å². The summed E-state index contributed by atoms with van der Waals surface area (Å²) in [6, 6.07) is -0.162. The minimum atomic E-state index is -3.25. The van der Waals surface area contributed by atoms with E-state index in [1.807, 2.05) is 0 Å². The van der Waals surface area contributed by atoms with E-state index in [0.717, 1.165) is 0 Å². The minimum absolute atomic E-state index is 0.0532. The molecule has 7 heteroatoms. The Hall–Kier alpha value is -0.660. The van der Waals surface area contributed by atoms with Crippen molar-refractivity contribution in [1.29, 1.82) is 0 Å². The lowest BCUT2D eigenvalue weighted by Gasteiger charge is -2.29. The Labute approximate surface area is 96.2 Å². The molecule has 1 unspecified atom stereocenters. The summed E-state index contributed by atoms with van der Waals surface area (Å²) in [5.41, 5.74) is 5.26. The van der Waals surface area contributed by atoms with E-state index < -0.39 is 10.0 Å². The van der Waals surface area contributed by atoms with Crippen LogP contribution in [0, 0.1) is 0 Å². The third kappa shape index (κ3) is 4.07. The van der Waals surface area contributed by atoms with E-state index in [4.69, 9.17) is 5.73 Å². The van der Waals surface area contributed by atoms with Crippen LogP contribution in [0.1, 0.15) is 19.3 Å². The van der Waals surface area contributed by atoms with E-state index in [1.54, 1.807) is 11.9 Å². The molecule has 1 fully saturated rings. The number of likely N-dealkylation sites (N-methyl/N-ethyl adjacent to an activating group) is 1. The van der Waals surface area contributed by atoms with Crippen molar-refractivity contribution in [1.82, 2.24) is 9.62 Å². The molecule has 1 aliphatic heterocycles. The Morgan fingerprint density at radius 3 is 2.81 bits per heavy atom. The monoisotopic (exact) mass is 249 g/mol. The highest BCUT2D eigenvalue weighted by molar-refractivity contribution is 7.89. The summed E-state index contributed by atoms with van der Waals surface area (Å²) in [5, 5.41) is 0. The fourth-order valence-electron chi connectivity index (χ4n) is 1.69. The molecule has 6 nitrogen and oxygen atoms in total. The molecule has 0 saturated carbocycles. The Morgan fingerprint density at radius 1 is 1.56 bits per heavy atom. The van der Waals surface area contributed by atoms with Gasteiger partial charge >= 0.3 is 0 Å². The predicted molar refractivity (Wildman–Crippen MR) is 61.3 cm³/mol. The third-order valence-corrected chi connectivity index (χ3v) is 4.11. The zero-order valence-corrected chi connectivity index (χ0v) is 10.3. The van der Waals surface area contributed by atoms with Crippen molar-refractivity contribution in [2.45, 2.75) is 25.3 Å². The number of hydrogen-bond donors (Lipinski definition) is 2. The van der Waals surface area contributed by atoms with E-state index in [1.165, 1.54) is 0 Å². The fourth-order valence-corrected chi connectivity index (χ4v) is 3.06. The number of piperidine rings is 1. The lowest BCUT2D eigenvalue weighted by atomic mass is 10.1. The van der Waals surface area contributed by atoms with Crippen LogP contribution in [-0.4, -0.2) is 51.2 Å². The third-order valence-electron chi connectivity index (χ3n) is 2.59. The van der Waals surface area contributed by atoms with Gasteiger partial charge in [-0.3, -0.25) is 4.79 Å². The molecule has 1 atom stereocenters. The van der Waals surface area contributed by atoms with E-state index in [-0.39, 0.29) is 17.7 Å². The van der Waals surface area contributed by atoms with Gasteiger partial charge in [0, 0.05) is 26.1 Å². The van der Waals surface area contributed by atoms with Crippen LogP contribution >= 0.6 is 0 Å². The van der Waals surface area contributed by atoms with Gasteiger partial charge in [0.15, 0.2) is 0 Å². The Balaban J connectivity index is 2.45. The van der Waals surface area contributed by atoms with E-state index in [0.29, 0.717) is 32.4 Å². The van der Waals surface area contributed by atoms with Crippen molar-refractivity contribution >= 4 is 15.9 Å². The molecule has 94 valence electrons. The topological polar surface area (TPSA) is 92.5 Å². The molecule has 0 aliphatic carbocycles. The number of sulfonamides is 1. The van der Waals surface area contributed by atoms with E-state index >= 15 is 0 Å². The molecule has 1 heterocycles. The molecular formula is C9H19N3O3S. The molecule has 0 radical (unpaired) electrons. The highest BCUT2D eigenvalue weighted by Crippen LogP contribution is 2.10. The average molecular weight is 249 g/mol. The summed E-state index contributed by atoms with van der Waals surface area (Å²) in [7, 11) is -1.57. The number of hydrogen-bond acceptors (Lipinski definition) is 4. The summed E-state index contributed by atoms with van der Waals surface area (Å²) in [6.07, 6.45) is 1.43. The summed E-state index contributed by atoms with van der Waals surface area (Å²) in [5.74, 6) is 0.120. The molecule has 16 heavy (non-hydrogen) atoms.